The molecular formula is C14H15ClO5S. The Morgan fingerprint density at radius 1 is 1.33 bits per heavy atom. The first-order valence-corrected chi connectivity index (χ1v) is 8.79. The molecule has 1 aromatic carbocycles. The van der Waals surface area contributed by atoms with Gasteiger partial charge in [-0.05, 0) is 37.5 Å². The molecule has 0 aromatic heterocycles. The van der Waals surface area contributed by atoms with Gasteiger partial charge in [-0.15, -0.1) is 0 Å². The third-order valence-corrected chi connectivity index (χ3v) is 4.89. The number of ether oxygens (including phenoxy) is 1. The van der Waals surface area contributed by atoms with Crippen LogP contribution in [0.15, 0.2) is 23.1 Å². The summed E-state index contributed by atoms with van der Waals surface area (Å²) in [6, 6.07) is 3.89. The third-order valence-electron chi connectivity index (χ3n) is 3.31. The molecule has 0 heterocycles. The molecule has 0 aliphatic heterocycles. The van der Waals surface area contributed by atoms with Crippen molar-refractivity contribution in [1.29, 1.82) is 0 Å². The summed E-state index contributed by atoms with van der Waals surface area (Å²) in [4.78, 5) is 23.6. The van der Waals surface area contributed by atoms with Crippen molar-refractivity contribution in [2.45, 2.75) is 36.7 Å². The average Bonchev–Trinajstić information content (AvgIpc) is 2.40. The summed E-state index contributed by atoms with van der Waals surface area (Å²) < 4.78 is 28.3. The highest BCUT2D eigenvalue weighted by molar-refractivity contribution is 7.90. The van der Waals surface area contributed by atoms with E-state index in [1.165, 1.54) is 18.2 Å². The van der Waals surface area contributed by atoms with E-state index in [1.807, 2.05) is 0 Å². The molecule has 5 nitrogen and oxygen atoms in total. The minimum Gasteiger partial charge on any atom is -0.451 e. The zero-order chi connectivity index (χ0) is 15.6. The highest BCUT2D eigenvalue weighted by atomic mass is 35.5. The lowest BCUT2D eigenvalue weighted by Gasteiger charge is -2.20. The van der Waals surface area contributed by atoms with Crippen LogP contribution in [0.4, 0.5) is 0 Å². The minimum absolute atomic E-state index is 0.0443. The van der Waals surface area contributed by atoms with Crippen LogP contribution in [0.5, 0.6) is 0 Å². The molecule has 21 heavy (non-hydrogen) atoms. The van der Waals surface area contributed by atoms with E-state index in [0.29, 0.717) is 12.8 Å². The van der Waals surface area contributed by atoms with Crippen molar-refractivity contribution in [3.8, 4) is 0 Å². The van der Waals surface area contributed by atoms with Crippen molar-refractivity contribution in [2.75, 3.05) is 6.26 Å². The zero-order valence-electron chi connectivity index (χ0n) is 11.5. The fourth-order valence-electron chi connectivity index (χ4n) is 2.19. The Labute approximate surface area is 128 Å². The van der Waals surface area contributed by atoms with E-state index < -0.39 is 21.9 Å². The van der Waals surface area contributed by atoms with E-state index in [4.69, 9.17) is 16.3 Å². The molecule has 114 valence electrons. The van der Waals surface area contributed by atoms with Gasteiger partial charge in [-0.2, -0.15) is 0 Å². The number of carbonyl (C=O) groups excluding carboxylic acids is 2. The van der Waals surface area contributed by atoms with Crippen molar-refractivity contribution in [3.63, 3.8) is 0 Å². The van der Waals surface area contributed by atoms with Gasteiger partial charge in [0.25, 0.3) is 0 Å². The van der Waals surface area contributed by atoms with Crippen molar-refractivity contribution >= 4 is 33.2 Å². The van der Waals surface area contributed by atoms with E-state index in [0.717, 1.165) is 19.1 Å². The molecule has 1 unspecified atom stereocenters. The minimum atomic E-state index is -3.54. The molecule has 0 bridgehead atoms. The Balaban J connectivity index is 2.22. The average molecular weight is 331 g/mol. The molecule has 2 rings (SSSR count). The molecule has 1 atom stereocenters. The van der Waals surface area contributed by atoms with Crippen LogP contribution in [0.2, 0.25) is 5.02 Å². The first-order chi connectivity index (χ1) is 9.79. The second-order valence-electron chi connectivity index (χ2n) is 5.02. The van der Waals surface area contributed by atoms with Crippen LogP contribution in [0.1, 0.15) is 36.0 Å². The van der Waals surface area contributed by atoms with Gasteiger partial charge < -0.3 is 4.74 Å². The first kappa shape index (κ1) is 16.0. The number of halogens is 1. The first-order valence-electron chi connectivity index (χ1n) is 6.52. The molecule has 0 N–H and O–H groups in total. The zero-order valence-corrected chi connectivity index (χ0v) is 13.0. The van der Waals surface area contributed by atoms with Gasteiger partial charge in [-0.1, -0.05) is 11.6 Å². The van der Waals surface area contributed by atoms with Crippen molar-refractivity contribution in [2.24, 2.45) is 0 Å². The standard InChI is InChI=1S/C14H15ClO5S/c1-21(18,19)13-8-9(6-7-10(13)15)14(17)20-12-5-3-2-4-11(12)16/h6-8,12H,2-5H2,1H3. The molecule has 7 heteroatoms. The molecule has 1 aliphatic carbocycles. The van der Waals surface area contributed by atoms with Gasteiger partial charge in [0.15, 0.2) is 21.7 Å². The van der Waals surface area contributed by atoms with Crippen LogP contribution in [0.3, 0.4) is 0 Å². The summed E-state index contributed by atoms with van der Waals surface area (Å²) in [6.45, 7) is 0. The van der Waals surface area contributed by atoms with Gasteiger partial charge in [-0.25, -0.2) is 13.2 Å². The van der Waals surface area contributed by atoms with Gasteiger partial charge in [0.05, 0.1) is 15.5 Å². The number of esters is 1. The molecule has 0 spiro atoms. The van der Waals surface area contributed by atoms with E-state index in [-0.39, 0.29) is 21.3 Å². The summed E-state index contributed by atoms with van der Waals surface area (Å²) in [6.07, 6.45) is 2.84. The monoisotopic (exact) mass is 330 g/mol. The number of carbonyl (C=O) groups is 2. The highest BCUT2D eigenvalue weighted by Gasteiger charge is 2.26. The Hall–Kier alpha value is -1.40. The van der Waals surface area contributed by atoms with Crippen molar-refractivity contribution in [3.05, 3.63) is 28.8 Å². The number of benzene rings is 1. The lowest BCUT2D eigenvalue weighted by Crippen LogP contribution is -2.30. The molecule has 1 aromatic rings. The smallest absolute Gasteiger partial charge is 0.338 e. The number of rotatable bonds is 3. The van der Waals surface area contributed by atoms with Crippen LogP contribution >= 0.6 is 11.6 Å². The predicted molar refractivity (Wildman–Crippen MR) is 77.2 cm³/mol. The molecule has 0 amide bonds. The number of Topliss-reactive ketones (excluding diaryl/α,β-unsaturated/α-hetero) is 1. The second-order valence-corrected chi connectivity index (χ2v) is 7.41. The summed E-state index contributed by atoms with van der Waals surface area (Å²) in [5.74, 6) is -0.802. The summed E-state index contributed by atoms with van der Waals surface area (Å²) in [7, 11) is -3.54. The van der Waals surface area contributed by atoms with Crippen LogP contribution in [0.25, 0.3) is 0 Å². The number of hydrogen-bond acceptors (Lipinski definition) is 5. The molecule has 0 radical (unpaired) electrons. The third kappa shape index (κ3) is 3.83. The van der Waals surface area contributed by atoms with Gasteiger partial charge in [0, 0.05) is 12.7 Å². The van der Waals surface area contributed by atoms with E-state index in [1.54, 1.807) is 0 Å². The fraction of sp³-hybridized carbons (Fsp3) is 0.429. The molecular weight excluding hydrogens is 316 g/mol. The van der Waals surface area contributed by atoms with E-state index in [9.17, 15) is 18.0 Å². The topological polar surface area (TPSA) is 77.5 Å². The number of hydrogen-bond donors (Lipinski definition) is 0. The fourth-order valence-corrected chi connectivity index (χ4v) is 3.49. The summed E-state index contributed by atoms with van der Waals surface area (Å²) in [5.41, 5.74) is 0.0678. The molecule has 0 saturated heterocycles. The predicted octanol–water partition coefficient (Wildman–Crippen LogP) is 2.41. The molecule has 1 fully saturated rings. The largest absolute Gasteiger partial charge is 0.451 e. The lowest BCUT2D eigenvalue weighted by molar-refractivity contribution is -0.129. The highest BCUT2D eigenvalue weighted by Crippen LogP contribution is 2.24. The summed E-state index contributed by atoms with van der Waals surface area (Å²) in [5, 5.41) is 0.0443. The van der Waals surface area contributed by atoms with Gasteiger partial charge in [0.1, 0.15) is 0 Å². The molecule has 1 saturated carbocycles. The quantitative estimate of drug-likeness (QED) is 0.795. The lowest BCUT2D eigenvalue weighted by atomic mass is 9.96. The maximum Gasteiger partial charge on any atom is 0.338 e. The maximum absolute atomic E-state index is 12.0. The van der Waals surface area contributed by atoms with Crippen LogP contribution in [-0.2, 0) is 19.4 Å². The molecule has 1 aliphatic rings. The van der Waals surface area contributed by atoms with Gasteiger partial charge in [0.2, 0.25) is 0 Å². The van der Waals surface area contributed by atoms with Crippen LogP contribution in [-0.4, -0.2) is 32.5 Å². The number of sulfone groups is 1. The maximum atomic E-state index is 12.0. The normalized spacial score (nSPS) is 19.3. The second kappa shape index (κ2) is 6.15. The van der Waals surface area contributed by atoms with E-state index in [2.05, 4.69) is 0 Å². The van der Waals surface area contributed by atoms with Crippen LogP contribution < -0.4 is 0 Å². The van der Waals surface area contributed by atoms with Crippen molar-refractivity contribution in [1.82, 2.24) is 0 Å². The Morgan fingerprint density at radius 2 is 2.05 bits per heavy atom. The Bertz CT molecular complexity index is 681. The van der Waals surface area contributed by atoms with Crippen molar-refractivity contribution < 1.29 is 22.7 Å². The Morgan fingerprint density at radius 3 is 2.67 bits per heavy atom. The van der Waals surface area contributed by atoms with E-state index >= 15 is 0 Å². The van der Waals surface area contributed by atoms with Gasteiger partial charge >= 0.3 is 5.97 Å². The van der Waals surface area contributed by atoms with Crippen LogP contribution in [0, 0.1) is 0 Å². The van der Waals surface area contributed by atoms with Gasteiger partial charge in [-0.3, -0.25) is 4.79 Å². The summed E-state index contributed by atoms with van der Waals surface area (Å²) >= 11 is 5.82. The SMILES string of the molecule is CS(=O)(=O)c1cc(C(=O)OC2CCCCC2=O)ccc1Cl. The number of ketones is 1. The Kier molecular flexibility index (Phi) is 4.68.